The third-order valence-corrected chi connectivity index (χ3v) is 9.40. The summed E-state index contributed by atoms with van der Waals surface area (Å²) in [6, 6.07) is 13.5. The summed E-state index contributed by atoms with van der Waals surface area (Å²) in [5, 5.41) is 0.876. The molecule has 2 fully saturated rings. The lowest BCUT2D eigenvalue weighted by Crippen LogP contribution is -2.40. The van der Waals surface area contributed by atoms with Gasteiger partial charge < -0.3 is 14.0 Å². The van der Waals surface area contributed by atoms with Gasteiger partial charge in [-0.2, -0.15) is 4.31 Å². The predicted molar refractivity (Wildman–Crippen MR) is 132 cm³/mol. The molecule has 0 aliphatic carbocycles. The van der Waals surface area contributed by atoms with Crippen molar-refractivity contribution >= 4 is 48.7 Å². The van der Waals surface area contributed by atoms with Gasteiger partial charge in [0.1, 0.15) is 0 Å². The van der Waals surface area contributed by atoms with Gasteiger partial charge in [0, 0.05) is 29.9 Å². The molecule has 3 aromatic rings. The number of halogens is 1. The molecule has 2 aliphatic rings. The molecule has 1 aromatic heterocycles. The van der Waals surface area contributed by atoms with Crippen molar-refractivity contribution in [2.24, 2.45) is 0 Å². The summed E-state index contributed by atoms with van der Waals surface area (Å²) < 4.78 is 42.2. The standard InChI is InChI=1S/C23H26BrN3O4S2/c24-18-4-1-3-17(13-18)16-32-23-25-21-14-20(33(28,29)26-8-11-30-12-9-26)6-7-22(21)27(23)15-19-5-2-10-31-19/h1,3-4,6-7,13-14,19H,2,5,8-12,15-16H2/t19-/m1/s1. The molecule has 0 radical (unpaired) electrons. The molecular weight excluding hydrogens is 526 g/mol. The first-order valence-electron chi connectivity index (χ1n) is 11.1. The van der Waals surface area contributed by atoms with Crippen LogP contribution in [-0.4, -0.2) is 61.3 Å². The molecule has 33 heavy (non-hydrogen) atoms. The Morgan fingerprint density at radius 3 is 2.73 bits per heavy atom. The highest BCUT2D eigenvalue weighted by Crippen LogP contribution is 2.31. The van der Waals surface area contributed by atoms with Crippen molar-refractivity contribution in [1.82, 2.24) is 13.9 Å². The van der Waals surface area contributed by atoms with Crippen molar-refractivity contribution in [1.29, 1.82) is 0 Å². The number of hydrogen-bond acceptors (Lipinski definition) is 6. The maximum Gasteiger partial charge on any atom is 0.243 e. The number of fused-ring (bicyclic) bond motifs is 1. The van der Waals surface area contributed by atoms with Crippen LogP contribution in [0.15, 0.2) is 57.0 Å². The molecule has 0 unspecified atom stereocenters. The van der Waals surface area contributed by atoms with Crippen molar-refractivity contribution in [2.75, 3.05) is 32.9 Å². The van der Waals surface area contributed by atoms with Crippen LogP contribution < -0.4 is 0 Å². The van der Waals surface area contributed by atoms with Crippen LogP contribution in [0.25, 0.3) is 11.0 Å². The quantitative estimate of drug-likeness (QED) is 0.408. The van der Waals surface area contributed by atoms with E-state index in [1.807, 2.05) is 18.2 Å². The maximum atomic E-state index is 13.2. The van der Waals surface area contributed by atoms with Crippen molar-refractivity contribution in [3.05, 3.63) is 52.5 Å². The van der Waals surface area contributed by atoms with Crippen molar-refractivity contribution in [3.63, 3.8) is 0 Å². The van der Waals surface area contributed by atoms with Gasteiger partial charge in [-0.1, -0.05) is 39.8 Å². The average molecular weight is 553 g/mol. The van der Waals surface area contributed by atoms with Gasteiger partial charge in [0.15, 0.2) is 5.16 Å². The number of benzene rings is 2. The molecule has 10 heteroatoms. The van der Waals surface area contributed by atoms with Gasteiger partial charge in [-0.3, -0.25) is 0 Å². The van der Waals surface area contributed by atoms with Gasteiger partial charge >= 0.3 is 0 Å². The Balaban J connectivity index is 1.47. The van der Waals surface area contributed by atoms with Crippen LogP contribution in [0.2, 0.25) is 0 Å². The highest BCUT2D eigenvalue weighted by atomic mass is 79.9. The van der Waals surface area contributed by atoms with E-state index in [0.717, 1.165) is 40.3 Å². The van der Waals surface area contributed by atoms with Crippen LogP contribution >= 0.6 is 27.7 Å². The molecule has 0 saturated carbocycles. The summed E-state index contributed by atoms with van der Waals surface area (Å²) in [6.45, 7) is 3.11. The fourth-order valence-electron chi connectivity index (χ4n) is 4.24. The normalized spacial score (nSPS) is 20.0. The highest BCUT2D eigenvalue weighted by Gasteiger charge is 2.27. The lowest BCUT2D eigenvalue weighted by molar-refractivity contribution is 0.0730. The number of nitrogens with zero attached hydrogens (tertiary/aromatic N) is 3. The van der Waals surface area contributed by atoms with Gasteiger partial charge in [0.2, 0.25) is 10.0 Å². The molecule has 3 heterocycles. The van der Waals surface area contributed by atoms with Gasteiger partial charge in [-0.05, 0) is 48.7 Å². The number of thioether (sulfide) groups is 1. The molecule has 2 saturated heterocycles. The van der Waals surface area contributed by atoms with E-state index in [2.05, 4.69) is 32.6 Å². The summed E-state index contributed by atoms with van der Waals surface area (Å²) in [7, 11) is -3.57. The summed E-state index contributed by atoms with van der Waals surface area (Å²) >= 11 is 5.19. The minimum absolute atomic E-state index is 0.157. The molecule has 0 N–H and O–H groups in total. The Hall–Kier alpha value is -1.43. The monoisotopic (exact) mass is 551 g/mol. The van der Waals surface area contributed by atoms with Crippen molar-refractivity contribution in [2.45, 2.75) is 41.3 Å². The van der Waals surface area contributed by atoms with E-state index in [0.29, 0.717) is 38.4 Å². The van der Waals surface area contributed by atoms with E-state index in [1.54, 1.807) is 23.9 Å². The minimum Gasteiger partial charge on any atom is -0.379 e. The van der Waals surface area contributed by atoms with Crippen LogP contribution in [0.1, 0.15) is 18.4 Å². The Kier molecular flexibility index (Phi) is 7.10. The Morgan fingerprint density at radius 2 is 1.97 bits per heavy atom. The number of rotatable bonds is 7. The smallest absolute Gasteiger partial charge is 0.243 e. The molecule has 2 aromatic carbocycles. The number of imidazole rings is 1. The number of morpholine rings is 1. The number of hydrogen-bond donors (Lipinski definition) is 0. The molecule has 1 atom stereocenters. The zero-order valence-corrected chi connectivity index (χ0v) is 21.4. The van der Waals surface area contributed by atoms with E-state index in [1.165, 1.54) is 9.87 Å². The molecule has 176 valence electrons. The lowest BCUT2D eigenvalue weighted by atomic mass is 10.2. The first-order chi connectivity index (χ1) is 16.0. The number of ether oxygens (including phenoxy) is 2. The third-order valence-electron chi connectivity index (χ3n) is 5.96. The van der Waals surface area contributed by atoms with E-state index < -0.39 is 10.0 Å². The minimum atomic E-state index is -3.57. The van der Waals surface area contributed by atoms with E-state index in [9.17, 15) is 8.42 Å². The summed E-state index contributed by atoms with van der Waals surface area (Å²) in [5.74, 6) is 0.771. The van der Waals surface area contributed by atoms with Gasteiger partial charge in [-0.15, -0.1) is 0 Å². The molecule has 0 spiro atoms. The predicted octanol–water partition coefficient (Wildman–Crippen LogP) is 4.29. The van der Waals surface area contributed by atoms with Crippen LogP contribution in [-0.2, 0) is 31.8 Å². The zero-order valence-electron chi connectivity index (χ0n) is 18.2. The van der Waals surface area contributed by atoms with E-state index >= 15 is 0 Å². The first-order valence-corrected chi connectivity index (χ1v) is 14.3. The fourth-order valence-corrected chi connectivity index (χ4v) is 7.08. The Bertz CT molecular complexity index is 1240. The largest absolute Gasteiger partial charge is 0.379 e. The number of aromatic nitrogens is 2. The molecule has 5 rings (SSSR count). The molecule has 7 nitrogen and oxygen atoms in total. The van der Waals surface area contributed by atoms with E-state index in [-0.39, 0.29) is 11.0 Å². The van der Waals surface area contributed by atoms with Crippen LogP contribution in [0.5, 0.6) is 0 Å². The maximum absolute atomic E-state index is 13.2. The topological polar surface area (TPSA) is 73.7 Å². The fraction of sp³-hybridized carbons (Fsp3) is 0.435. The summed E-state index contributed by atoms with van der Waals surface area (Å²) in [5.41, 5.74) is 2.82. The van der Waals surface area contributed by atoms with E-state index in [4.69, 9.17) is 14.5 Å². The second kappa shape index (κ2) is 10.1. The third kappa shape index (κ3) is 5.16. The molecular formula is C23H26BrN3O4S2. The van der Waals surface area contributed by atoms with Crippen molar-refractivity contribution in [3.8, 4) is 0 Å². The molecule has 2 aliphatic heterocycles. The summed E-state index contributed by atoms with van der Waals surface area (Å²) in [4.78, 5) is 5.14. The molecule has 0 amide bonds. The first kappa shape index (κ1) is 23.3. The summed E-state index contributed by atoms with van der Waals surface area (Å²) in [6.07, 6.45) is 2.25. The second-order valence-corrected chi connectivity index (χ2v) is 12.0. The Labute approximate surface area is 206 Å². The zero-order chi connectivity index (χ0) is 22.8. The van der Waals surface area contributed by atoms with Crippen molar-refractivity contribution < 1.29 is 17.9 Å². The number of sulfonamides is 1. The lowest BCUT2D eigenvalue weighted by Gasteiger charge is -2.26. The molecule has 0 bridgehead atoms. The SMILES string of the molecule is O=S(=O)(c1ccc2c(c1)nc(SCc1cccc(Br)c1)n2C[C@H]1CCCO1)N1CCOCC1. The van der Waals surface area contributed by atoms with Crippen LogP contribution in [0.3, 0.4) is 0 Å². The second-order valence-electron chi connectivity index (χ2n) is 8.23. The van der Waals surface area contributed by atoms with Gasteiger partial charge in [0.25, 0.3) is 0 Å². The van der Waals surface area contributed by atoms with Gasteiger partial charge in [-0.25, -0.2) is 13.4 Å². The average Bonchev–Trinajstić information content (AvgIpc) is 3.46. The van der Waals surface area contributed by atoms with Crippen LogP contribution in [0, 0.1) is 0 Å². The highest BCUT2D eigenvalue weighted by molar-refractivity contribution is 9.10. The van der Waals surface area contributed by atoms with Crippen LogP contribution in [0.4, 0.5) is 0 Å². The Morgan fingerprint density at radius 1 is 1.12 bits per heavy atom. The van der Waals surface area contributed by atoms with Gasteiger partial charge in [0.05, 0.1) is 41.8 Å².